The molecule has 1 N–H and O–H groups in total. The maximum atomic E-state index is 13.1. The summed E-state index contributed by atoms with van der Waals surface area (Å²) in [6.07, 6.45) is 3.74. The number of benzene rings is 1. The van der Waals surface area contributed by atoms with E-state index < -0.39 is 0 Å². The van der Waals surface area contributed by atoms with Crippen LogP contribution in [0.15, 0.2) is 47.1 Å². The highest BCUT2D eigenvalue weighted by Gasteiger charge is 2.26. The molecular formula is C24H31FN4O3. The Morgan fingerprint density at radius 1 is 1.00 bits per heavy atom. The molecule has 4 rings (SSSR count). The number of nitrogens with zero attached hydrogens (tertiary/aromatic N) is 3. The van der Waals surface area contributed by atoms with Crippen LogP contribution in [-0.2, 0) is 16.1 Å². The molecule has 8 heteroatoms. The van der Waals surface area contributed by atoms with Gasteiger partial charge in [0.2, 0.25) is 11.8 Å². The van der Waals surface area contributed by atoms with Crippen LogP contribution in [0.2, 0.25) is 0 Å². The summed E-state index contributed by atoms with van der Waals surface area (Å²) in [4.78, 5) is 31.4. The Balaban J connectivity index is 1.12. The molecule has 2 amide bonds. The van der Waals surface area contributed by atoms with Crippen molar-refractivity contribution in [3.8, 4) is 0 Å². The van der Waals surface area contributed by atoms with Crippen molar-refractivity contribution in [2.24, 2.45) is 5.92 Å². The van der Waals surface area contributed by atoms with Crippen LogP contribution in [0.5, 0.6) is 0 Å². The fourth-order valence-corrected chi connectivity index (χ4v) is 4.43. The zero-order valence-corrected chi connectivity index (χ0v) is 18.3. The lowest BCUT2D eigenvalue weighted by Crippen LogP contribution is -2.49. The monoisotopic (exact) mass is 442 g/mol. The number of nitrogens with one attached hydrogen (secondary N) is 1. The summed E-state index contributed by atoms with van der Waals surface area (Å²) in [6, 6.07) is 10.2. The molecule has 0 bridgehead atoms. The van der Waals surface area contributed by atoms with Crippen LogP contribution >= 0.6 is 0 Å². The summed E-state index contributed by atoms with van der Waals surface area (Å²) in [5.74, 6) is 0.809. The van der Waals surface area contributed by atoms with E-state index in [2.05, 4.69) is 15.1 Å². The van der Waals surface area contributed by atoms with E-state index in [1.165, 1.54) is 12.1 Å². The maximum absolute atomic E-state index is 13.1. The number of anilines is 1. The molecule has 2 saturated heterocycles. The van der Waals surface area contributed by atoms with Gasteiger partial charge in [-0.25, -0.2) is 4.39 Å². The fourth-order valence-electron chi connectivity index (χ4n) is 4.43. The molecule has 0 saturated carbocycles. The van der Waals surface area contributed by atoms with Gasteiger partial charge in [-0.05, 0) is 62.3 Å². The molecule has 0 spiro atoms. The smallest absolute Gasteiger partial charge is 0.223 e. The number of piperidine rings is 1. The SMILES string of the molecule is O=C(NCc1ccco1)C1CCN(CCC(=O)N2CCN(c3ccc(F)cc3)CC2)CC1. The lowest BCUT2D eigenvalue weighted by molar-refractivity contribution is -0.132. The molecule has 172 valence electrons. The van der Waals surface area contributed by atoms with Crippen LogP contribution in [0.1, 0.15) is 25.0 Å². The van der Waals surface area contributed by atoms with E-state index in [-0.39, 0.29) is 23.5 Å². The van der Waals surface area contributed by atoms with Gasteiger partial charge in [0.15, 0.2) is 0 Å². The van der Waals surface area contributed by atoms with E-state index in [1.54, 1.807) is 18.4 Å². The summed E-state index contributed by atoms with van der Waals surface area (Å²) in [5, 5.41) is 2.95. The third kappa shape index (κ3) is 5.88. The van der Waals surface area contributed by atoms with E-state index in [1.807, 2.05) is 17.0 Å². The first-order valence-corrected chi connectivity index (χ1v) is 11.4. The van der Waals surface area contributed by atoms with E-state index >= 15 is 0 Å². The van der Waals surface area contributed by atoms with Gasteiger partial charge in [0.25, 0.3) is 0 Å². The van der Waals surface area contributed by atoms with Gasteiger partial charge in [0, 0.05) is 50.7 Å². The molecule has 0 radical (unpaired) electrons. The van der Waals surface area contributed by atoms with Crippen LogP contribution < -0.4 is 10.2 Å². The number of halogens is 1. The minimum atomic E-state index is -0.235. The summed E-state index contributed by atoms with van der Waals surface area (Å²) < 4.78 is 18.4. The number of carbonyl (C=O) groups is 2. The fraction of sp³-hybridized carbons (Fsp3) is 0.500. The van der Waals surface area contributed by atoms with E-state index in [4.69, 9.17) is 4.42 Å². The molecule has 1 aromatic heterocycles. The van der Waals surface area contributed by atoms with Crippen LogP contribution in [0, 0.1) is 11.7 Å². The number of carbonyl (C=O) groups excluding carboxylic acids is 2. The zero-order valence-electron chi connectivity index (χ0n) is 18.3. The molecule has 7 nitrogen and oxygen atoms in total. The Labute approximate surface area is 188 Å². The van der Waals surface area contributed by atoms with Gasteiger partial charge in [-0.1, -0.05) is 0 Å². The second-order valence-electron chi connectivity index (χ2n) is 8.51. The number of furan rings is 1. The highest BCUT2D eigenvalue weighted by Crippen LogP contribution is 2.19. The van der Waals surface area contributed by atoms with Gasteiger partial charge in [0.1, 0.15) is 11.6 Å². The molecule has 2 aliphatic rings. The lowest BCUT2D eigenvalue weighted by atomic mass is 9.95. The molecular weight excluding hydrogens is 411 g/mol. The first-order chi connectivity index (χ1) is 15.6. The average Bonchev–Trinajstić information content (AvgIpc) is 3.36. The Bertz CT molecular complexity index is 871. The number of hydrogen-bond acceptors (Lipinski definition) is 5. The van der Waals surface area contributed by atoms with Crippen molar-refractivity contribution < 1.29 is 18.4 Å². The highest BCUT2D eigenvalue weighted by molar-refractivity contribution is 5.78. The third-order valence-electron chi connectivity index (χ3n) is 6.44. The van der Waals surface area contributed by atoms with Crippen LogP contribution in [0.25, 0.3) is 0 Å². The molecule has 2 fully saturated rings. The van der Waals surface area contributed by atoms with Crippen molar-refractivity contribution in [2.45, 2.75) is 25.8 Å². The molecule has 0 unspecified atom stereocenters. The highest BCUT2D eigenvalue weighted by atomic mass is 19.1. The molecule has 0 atom stereocenters. The summed E-state index contributed by atoms with van der Waals surface area (Å²) in [5.41, 5.74) is 0.995. The van der Waals surface area contributed by atoms with Crippen molar-refractivity contribution in [3.05, 3.63) is 54.2 Å². The largest absolute Gasteiger partial charge is 0.467 e. The van der Waals surface area contributed by atoms with Crippen molar-refractivity contribution >= 4 is 17.5 Å². The minimum absolute atomic E-state index is 0.0245. The van der Waals surface area contributed by atoms with Gasteiger partial charge in [-0.15, -0.1) is 0 Å². The van der Waals surface area contributed by atoms with Crippen molar-refractivity contribution in [2.75, 3.05) is 50.7 Å². The number of amides is 2. The molecule has 2 aromatic rings. The Hall–Kier alpha value is -2.87. The maximum Gasteiger partial charge on any atom is 0.223 e. The van der Waals surface area contributed by atoms with Gasteiger partial charge in [0.05, 0.1) is 12.8 Å². The normalized spacial score (nSPS) is 18.0. The van der Waals surface area contributed by atoms with Crippen molar-refractivity contribution in [1.82, 2.24) is 15.1 Å². The zero-order chi connectivity index (χ0) is 22.3. The predicted molar refractivity (Wildman–Crippen MR) is 120 cm³/mol. The Morgan fingerprint density at radius 3 is 2.38 bits per heavy atom. The van der Waals surface area contributed by atoms with Gasteiger partial charge >= 0.3 is 0 Å². The molecule has 3 heterocycles. The average molecular weight is 443 g/mol. The lowest BCUT2D eigenvalue weighted by Gasteiger charge is -2.37. The number of hydrogen-bond donors (Lipinski definition) is 1. The quantitative estimate of drug-likeness (QED) is 0.714. The van der Waals surface area contributed by atoms with Crippen LogP contribution in [0.3, 0.4) is 0 Å². The standard InChI is InChI=1S/C24H31FN4O3/c25-20-3-5-21(6-4-20)28-13-15-29(16-14-28)23(30)9-12-27-10-7-19(8-11-27)24(31)26-18-22-2-1-17-32-22/h1-6,17,19H,7-16,18H2,(H,26,31). The second kappa shape index (κ2) is 10.6. The number of rotatable bonds is 7. The predicted octanol–water partition coefficient (Wildman–Crippen LogP) is 2.49. The Kier molecular flexibility index (Phi) is 7.42. The molecule has 0 aliphatic carbocycles. The van der Waals surface area contributed by atoms with E-state index in [0.717, 1.165) is 57.0 Å². The topological polar surface area (TPSA) is 69.0 Å². The van der Waals surface area contributed by atoms with Crippen molar-refractivity contribution in [1.29, 1.82) is 0 Å². The first-order valence-electron chi connectivity index (χ1n) is 11.4. The molecule has 1 aromatic carbocycles. The van der Waals surface area contributed by atoms with Gasteiger partial charge < -0.3 is 24.4 Å². The van der Waals surface area contributed by atoms with Gasteiger partial charge in [-0.3, -0.25) is 9.59 Å². The van der Waals surface area contributed by atoms with Crippen LogP contribution in [0.4, 0.5) is 10.1 Å². The third-order valence-corrected chi connectivity index (χ3v) is 6.44. The Morgan fingerprint density at radius 2 is 1.72 bits per heavy atom. The summed E-state index contributed by atoms with van der Waals surface area (Å²) in [7, 11) is 0. The van der Waals surface area contributed by atoms with Crippen LogP contribution in [-0.4, -0.2) is 67.4 Å². The molecule has 32 heavy (non-hydrogen) atoms. The van der Waals surface area contributed by atoms with E-state index in [0.29, 0.717) is 26.1 Å². The first kappa shape index (κ1) is 22.3. The number of likely N-dealkylation sites (tertiary alicyclic amines) is 1. The molecule has 2 aliphatic heterocycles. The summed E-state index contributed by atoms with van der Waals surface area (Å²) >= 11 is 0. The second-order valence-corrected chi connectivity index (χ2v) is 8.51. The summed E-state index contributed by atoms with van der Waals surface area (Å²) in [6.45, 7) is 5.73. The van der Waals surface area contributed by atoms with Gasteiger partial charge in [-0.2, -0.15) is 0 Å². The number of piperazine rings is 1. The minimum Gasteiger partial charge on any atom is -0.467 e. The van der Waals surface area contributed by atoms with E-state index in [9.17, 15) is 14.0 Å². The van der Waals surface area contributed by atoms with Crippen molar-refractivity contribution in [3.63, 3.8) is 0 Å².